The van der Waals surface area contributed by atoms with Gasteiger partial charge in [0.1, 0.15) is 5.75 Å². The lowest BCUT2D eigenvalue weighted by molar-refractivity contribution is 0.105. The molecule has 2 aromatic carbocycles. The first-order valence-corrected chi connectivity index (χ1v) is 8.27. The summed E-state index contributed by atoms with van der Waals surface area (Å²) in [5.74, 6) is 0.660. The van der Waals surface area contributed by atoms with Crippen LogP contribution in [0.5, 0.6) is 5.75 Å². The first-order chi connectivity index (χ1) is 10.6. The van der Waals surface area contributed by atoms with E-state index in [-0.39, 0.29) is 11.4 Å². The smallest absolute Gasteiger partial charge is 0.240 e. The van der Waals surface area contributed by atoms with Gasteiger partial charge in [-0.1, -0.05) is 36.4 Å². The molecule has 0 bridgehead atoms. The van der Waals surface area contributed by atoms with Gasteiger partial charge in [0, 0.05) is 19.2 Å². The molecule has 0 aliphatic heterocycles. The average Bonchev–Trinajstić information content (AvgIpc) is 2.56. The van der Waals surface area contributed by atoms with E-state index in [9.17, 15) is 8.42 Å². The van der Waals surface area contributed by atoms with Crippen LogP contribution in [0.15, 0.2) is 59.5 Å². The Morgan fingerprint density at radius 1 is 1.00 bits per heavy atom. The summed E-state index contributed by atoms with van der Waals surface area (Å²) in [5.41, 5.74) is 0.795. The highest BCUT2D eigenvalue weighted by atomic mass is 32.2. The molecule has 22 heavy (non-hydrogen) atoms. The Balaban J connectivity index is 2.15. The number of hydrogen-bond acceptors (Lipinski definition) is 4. The van der Waals surface area contributed by atoms with Crippen molar-refractivity contribution in [2.45, 2.75) is 11.0 Å². The van der Waals surface area contributed by atoms with Gasteiger partial charge in [0.05, 0.1) is 18.1 Å². The highest BCUT2D eigenvalue weighted by molar-refractivity contribution is 7.89. The molecule has 2 rings (SSSR count). The van der Waals surface area contributed by atoms with Crippen molar-refractivity contribution >= 4 is 10.0 Å². The molecule has 0 spiro atoms. The number of para-hydroxylation sites is 1. The van der Waals surface area contributed by atoms with Crippen LogP contribution < -0.4 is 9.46 Å². The number of sulfonamides is 1. The first kappa shape index (κ1) is 16.5. The molecule has 0 fully saturated rings. The van der Waals surface area contributed by atoms with Crippen molar-refractivity contribution < 1.29 is 17.9 Å². The summed E-state index contributed by atoms with van der Waals surface area (Å²) in [6.07, 6.45) is -0.436. The molecule has 0 aliphatic rings. The summed E-state index contributed by atoms with van der Waals surface area (Å²) >= 11 is 0. The zero-order valence-corrected chi connectivity index (χ0v) is 13.3. The Labute approximate surface area is 130 Å². The van der Waals surface area contributed by atoms with Crippen LogP contribution in [0.4, 0.5) is 0 Å². The second kappa shape index (κ2) is 7.40. The van der Waals surface area contributed by atoms with Gasteiger partial charge >= 0.3 is 0 Å². The molecule has 5 nitrogen and oxygen atoms in total. The Bertz CT molecular complexity index is 701. The second-order valence-corrected chi connectivity index (χ2v) is 6.40. The molecule has 1 atom stereocenters. The summed E-state index contributed by atoms with van der Waals surface area (Å²) in [6, 6.07) is 15.6. The Morgan fingerprint density at radius 3 is 2.27 bits per heavy atom. The van der Waals surface area contributed by atoms with Crippen LogP contribution in [0, 0.1) is 0 Å². The van der Waals surface area contributed by atoms with Gasteiger partial charge in [-0.2, -0.15) is 0 Å². The third-order valence-corrected chi connectivity index (χ3v) is 4.72. The van der Waals surface area contributed by atoms with E-state index in [1.807, 2.05) is 24.3 Å². The molecule has 1 unspecified atom stereocenters. The van der Waals surface area contributed by atoms with Crippen molar-refractivity contribution in [3.8, 4) is 5.75 Å². The Kier molecular flexibility index (Phi) is 5.54. The third-order valence-electron chi connectivity index (χ3n) is 3.28. The van der Waals surface area contributed by atoms with Gasteiger partial charge in [-0.3, -0.25) is 0 Å². The van der Waals surface area contributed by atoms with Crippen LogP contribution in [0.25, 0.3) is 0 Å². The maximum absolute atomic E-state index is 12.2. The molecule has 0 amide bonds. The van der Waals surface area contributed by atoms with Gasteiger partial charge in [-0.05, 0) is 18.2 Å². The van der Waals surface area contributed by atoms with Crippen LogP contribution in [0.3, 0.4) is 0 Å². The van der Waals surface area contributed by atoms with Crippen LogP contribution in [-0.4, -0.2) is 29.2 Å². The van der Waals surface area contributed by atoms with Crippen LogP contribution >= 0.6 is 0 Å². The summed E-state index contributed by atoms with van der Waals surface area (Å²) < 4.78 is 37.7. The van der Waals surface area contributed by atoms with Crippen molar-refractivity contribution in [3.05, 3.63) is 60.2 Å². The van der Waals surface area contributed by atoms with Crippen LogP contribution in [0.1, 0.15) is 11.7 Å². The predicted octanol–water partition coefficient (Wildman–Crippen LogP) is 2.36. The molecule has 1 N–H and O–H groups in total. The van der Waals surface area contributed by atoms with Gasteiger partial charge < -0.3 is 9.47 Å². The summed E-state index contributed by atoms with van der Waals surface area (Å²) in [4.78, 5) is 0.227. The van der Waals surface area contributed by atoms with E-state index >= 15 is 0 Å². The first-order valence-electron chi connectivity index (χ1n) is 6.79. The standard InChI is InChI=1S/C16H19NO4S/c1-20-15-11-7-6-10-14(15)16(21-2)12-17-22(18,19)13-8-4-3-5-9-13/h3-11,16-17H,12H2,1-2H3. The number of hydrogen-bond donors (Lipinski definition) is 1. The lowest BCUT2D eigenvalue weighted by Gasteiger charge is -2.19. The average molecular weight is 321 g/mol. The number of rotatable bonds is 7. The quantitative estimate of drug-likeness (QED) is 0.850. The lowest BCUT2D eigenvalue weighted by Crippen LogP contribution is -2.29. The summed E-state index contributed by atoms with van der Waals surface area (Å²) in [5, 5.41) is 0. The fourth-order valence-corrected chi connectivity index (χ4v) is 3.17. The maximum atomic E-state index is 12.2. The molecule has 6 heteroatoms. The Morgan fingerprint density at radius 2 is 1.64 bits per heavy atom. The van der Waals surface area contributed by atoms with Gasteiger partial charge in [0.2, 0.25) is 10.0 Å². The number of ether oxygens (including phenoxy) is 2. The lowest BCUT2D eigenvalue weighted by atomic mass is 10.1. The van der Waals surface area contributed by atoms with Gasteiger partial charge in [0.25, 0.3) is 0 Å². The highest BCUT2D eigenvalue weighted by Gasteiger charge is 2.19. The minimum Gasteiger partial charge on any atom is -0.496 e. The zero-order valence-electron chi connectivity index (χ0n) is 12.5. The van der Waals surface area contributed by atoms with E-state index in [0.717, 1.165) is 5.56 Å². The maximum Gasteiger partial charge on any atom is 0.240 e. The molecule has 0 heterocycles. The third kappa shape index (κ3) is 3.85. The Hall–Kier alpha value is -1.89. The SMILES string of the molecule is COc1ccccc1C(CNS(=O)(=O)c1ccccc1)OC. The second-order valence-electron chi connectivity index (χ2n) is 4.63. The van der Waals surface area contributed by atoms with Gasteiger partial charge in [-0.15, -0.1) is 0 Å². The topological polar surface area (TPSA) is 64.6 Å². The van der Waals surface area contributed by atoms with Crippen molar-refractivity contribution in [1.29, 1.82) is 0 Å². The van der Waals surface area contributed by atoms with E-state index < -0.39 is 16.1 Å². The number of nitrogens with one attached hydrogen (secondary N) is 1. The van der Waals surface area contributed by atoms with E-state index in [2.05, 4.69) is 4.72 Å². The van der Waals surface area contributed by atoms with E-state index in [0.29, 0.717) is 5.75 Å². The molecule has 2 aromatic rings. The van der Waals surface area contributed by atoms with E-state index in [4.69, 9.17) is 9.47 Å². The molecule has 0 aromatic heterocycles. The number of benzene rings is 2. The summed E-state index contributed by atoms with van der Waals surface area (Å²) in [7, 11) is -0.459. The molecular weight excluding hydrogens is 302 g/mol. The fraction of sp³-hybridized carbons (Fsp3) is 0.250. The molecule has 0 saturated heterocycles. The van der Waals surface area contributed by atoms with E-state index in [1.54, 1.807) is 37.4 Å². The minimum atomic E-state index is -3.56. The largest absolute Gasteiger partial charge is 0.496 e. The predicted molar refractivity (Wildman–Crippen MR) is 84.4 cm³/mol. The number of methoxy groups -OCH3 is 2. The van der Waals surface area contributed by atoms with Gasteiger partial charge in [-0.25, -0.2) is 13.1 Å². The van der Waals surface area contributed by atoms with E-state index in [1.165, 1.54) is 7.11 Å². The molecule has 0 aliphatic carbocycles. The molecule has 118 valence electrons. The molecule has 0 radical (unpaired) electrons. The molecular formula is C16H19NO4S. The highest BCUT2D eigenvalue weighted by Crippen LogP contribution is 2.26. The minimum absolute atomic E-state index is 0.119. The fourth-order valence-electron chi connectivity index (χ4n) is 2.12. The monoisotopic (exact) mass is 321 g/mol. The summed E-state index contributed by atoms with van der Waals surface area (Å²) in [6.45, 7) is 0.119. The van der Waals surface area contributed by atoms with Crippen molar-refractivity contribution in [3.63, 3.8) is 0 Å². The van der Waals surface area contributed by atoms with Crippen LogP contribution in [0.2, 0.25) is 0 Å². The zero-order chi connectivity index (χ0) is 16.0. The van der Waals surface area contributed by atoms with Crippen molar-refractivity contribution in [1.82, 2.24) is 4.72 Å². The normalized spacial score (nSPS) is 12.8. The van der Waals surface area contributed by atoms with Gasteiger partial charge in [0.15, 0.2) is 0 Å². The van der Waals surface area contributed by atoms with Crippen LogP contribution in [-0.2, 0) is 14.8 Å². The van der Waals surface area contributed by atoms with Crippen molar-refractivity contribution in [2.75, 3.05) is 20.8 Å². The van der Waals surface area contributed by atoms with Crippen molar-refractivity contribution in [2.24, 2.45) is 0 Å². The molecule has 0 saturated carbocycles.